The molecule has 0 aromatic heterocycles. The van der Waals surface area contributed by atoms with Crippen molar-refractivity contribution in [3.8, 4) is 0 Å². The fourth-order valence-electron chi connectivity index (χ4n) is 3.21. The van der Waals surface area contributed by atoms with Gasteiger partial charge >= 0.3 is 0 Å². The zero-order valence-corrected chi connectivity index (χ0v) is 14.5. The number of hydrogen-bond donors (Lipinski definition) is 3. The van der Waals surface area contributed by atoms with Gasteiger partial charge in [-0.05, 0) is 24.3 Å². The van der Waals surface area contributed by atoms with Crippen LogP contribution in [0.3, 0.4) is 0 Å². The topological polar surface area (TPSA) is 106 Å². The van der Waals surface area contributed by atoms with Crippen molar-refractivity contribution in [3.63, 3.8) is 0 Å². The van der Waals surface area contributed by atoms with Crippen molar-refractivity contribution in [2.45, 2.75) is 12.7 Å². The van der Waals surface area contributed by atoms with Crippen LogP contribution in [0.1, 0.15) is 22.8 Å². The van der Waals surface area contributed by atoms with E-state index < -0.39 is 11.7 Å². The zero-order valence-electron chi connectivity index (χ0n) is 14.5. The number of carbonyl (C=O) groups is 3. The maximum absolute atomic E-state index is 12.5. The average molecular weight is 367 g/mol. The predicted molar refractivity (Wildman–Crippen MR) is 97.4 cm³/mol. The third kappa shape index (κ3) is 2.94. The number of anilines is 3. The highest BCUT2D eigenvalue weighted by Gasteiger charge is 2.53. The van der Waals surface area contributed by atoms with Crippen LogP contribution in [0.25, 0.3) is 0 Å². The molecule has 2 aromatic rings. The lowest BCUT2D eigenvalue weighted by atomic mass is 10.0. The SMILES string of the molecule is CC(=O)Nc1cc(NC(=O)c2ccccc2)cc2c1NC(=O)C21OCCO1. The fraction of sp³-hybridized carbons (Fsp3) is 0.211. The Morgan fingerprint density at radius 2 is 1.78 bits per heavy atom. The van der Waals surface area contributed by atoms with Crippen LogP contribution in [0, 0.1) is 0 Å². The van der Waals surface area contributed by atoms with Crippen LogP contribution in [0.15, 0.2) is 42.5 Å². The van der Waals surface area contributed by atoms with E-state index in [0.717, 1.165) is 0 Å². The quantitative estimate of drug-likeness (QED) is 0.770. The molecular weight excluding hydrogens is 350 g/mol. The minimum Gasteiger partial charge on any atom is -0.336 e. The van der Waals surface area contributed by atoms with Crippen molar-refractivity contribution in [2.24, 2.45) is 0 Å². The molecule has 2 aliphatic rings. The first kappa shape index (κ1) is 17.2. The molecule has 1 fully saturated rings. The molecule has 2 aromatic carbocycles. The molecule has 2 aliphatic heterocycles. The van der Waals surface area contributed by atoms with Crippen LogP contribution in [-0.2, 0) is 24.8 Å². The summed E-state index contributed by atoms with van der Waals surface area (Å²) in [6, 6.07) is 11.9. The van der Waals surface area contributed by atoms with E-state index in [1.807, 2.05) is 6.07 Å². The van der Waals surface area contributed by atoms with Crippen LogP contribution in [0.5, 0.6) is 0 Å². The molecule has 1 spiro atoms. The van der Waals surface area contributed by atoms with Gasteiger partial charge in [-0.3, -0.25) is 14.4 Å². The molecule has 27 heavy (non-hydrogen) atoms. The van der Waals surface area contributed by atoms with Gasteiger partial charge < -0.3 is 25.4 Å². The van der Waals surface area contributed by atoms with Gasteiger partial charge in [0.15, 0.2) is 0 Å². The average Bonchev–Trinajstić information content (AvgIpc) is 3.24. The molecule has 0 atom stereocenters. The van der Waals surface area contributed by atoms with Crippen LogP contribution in [0.4, 0.5) is 17.1 Å². The van der Waals surface area contributed by atoms with Crippen molar-refractivity contribution >= 4 is 34.8 Å². The Kier molecular flexibility index (Phi) is 4.14. The van der Waals surface area contributed by atoms with Gasteiger partial charge in [-0.15, -0.1) is 0 Å². The lowest BCUT2D eigenvalue weighted by Crippen LogP contribution is -2.35. The van der Waals surface area contributed by atoms with Gasteiger partial charge in [-0.2, -0.15) is 0 Å². The number of rotatable bonds is 3. The smallest absolute Gasteiger partial charge is 0.290 e. The van der Waals surface area contributed by atoms with E-state index in [-0.39, 0.29) is 25.0 Å². The monoisotopic (exact) mass is 367 g/mol. The molecule has 0 radical (unpaired) electrons. The molecule has 138 valence electrons. The number of fused-ring (bicyclic) bond motifs is 2. The van der Waals surface area contributed by atoms with Gasteiger partial charge in [-0.1, -0.05) is 18.2 Å². The van der Waals surface area contributed by atoms with E-state index >= 15 is 0 Å². The Labute approximate surface area is 154 Å². The Balaban J connectivity index is 1.75. The van der Waals surface area contributed by atoms with E-state index in [4.69, 9.17) is 9.47 Å². The summed E-state index contributed by atoms with van der Waals surface area (Å²) >= 11 is 0. The molecule has 8 heteroatoms. The highest BCUT2D eigenvalue weighted by atomic mass is 16.7. The van der Waals surface area contributed by atoms with E-state index in [9.17, 15) is 14.4 Å². The van der Waals surface area contributed by atoms with Crippen LogP contribution in [0.2, 0.25) is 0 Å². The summed E-state index contributed by atoms with van der Waals surface area (Å²) in [6.45, 7) is 1.89. The van der Waals surface area contributed by atoms with Gasteiger partial charge in [0.05, 0.1) is 24.6 Å². The van der Waals surface area contributed by atoms with Gasteiger partial charge in [0, 0.05) is 23.7 Å². The van der Waals surface area contributed by atoms with Gasteiger partial charge in [0.1, 0.15) is 0 Å². The maximum Gasteiger partial charge on any atom is 0.290 e. The highest BCUT2D eigenvalue weighted by molar-refractivity contribution is 6.11. The minimum atomic E-state index is -1.56. The van der Waals surface area contributed by atoms with Crippen molar-refractivity contribution in [2.75, 3.05) is 29.2 Å². The Hall–Kier alpha value is -3.23. The van der Waals surface area contributed by atoms with Crippen LogP contribution in [-0.4, -0.2) is 30.9 Å². The van der Waals surface area contributed by atoms with Crippen molar-refractivity contribution < 1.29 is 23.9 Å². The summed E-state index contributed by atoms with van der Waals surface area (Å²) in [5.74, 6) is -2.65. The summed E-state index contributed by atoms with van der Waals surface area (Å²) in [7, 11) is 0. The highest BCUT2D eigenvalue weighted by Crippen LogP contribution is 2.47. The Bertz CT molecular complexity index is 936. The number of hydrogen-bond acceptors (Lipinski definition) is 5. The second-order valence-electron chi connectivity index (χ2n) is 6.22. The maximum atomic E-state index is 12.5. The second kappa shape index (κ2) is 6.49. The molecule has 0 saturated carbocycles. The summed E-state index contributed by atoms with van der Waals surface area (Å²) < 4.78 is 11.2. The van der Waals surface area contributed by atoms with Gasteiger partial charge in [0.25, 0.3) is 17.6 Å². The largest absolute Gasteiger partial charge is 0.336 e. The number of nitrogens with one attached hydrogen (secondary N) is 3. The summed E-state index contributed by atoms with van der Waals surface area (Å²) in [5, 5.41) is 8.15. The minimum absolute atomic E-state index is 0.267. The van der Waals surface area contributed by atoms with Crippen LogP contribution < -0.4 is 16.0 Å². The number of ether oxygens (including phenoxy) is 2. The molecule has 3 amide bonds. The zero-order chi connectivity index (χ0) is 19.0. The number of carbonyl (C=O) groups excluding carboxylic acids is 3. The summed E-state index contributed by atoms with van der Waals surface area (Å²) in [5.41, 5.74) is 2.06. The van der Waals surface area contributed by atoms with E-state index in [0.29, 0.717) is 28.2 Å². The first-order valence-electron chi connectivity index (χ1n) is 8.41. The summed E-state index contributed by atoms with van der Waals surface area (Å²) in [6.07, 6.45) is 0. The number of amides is 3. The Morgan fingerprint density at radius 1 is 1.07 bits per heavy atom. The van der Waals surface area contributed by atoms with Gasteiger partial charge in [-0.25, -0.2) is 0 Å². The molecule has 2 heterocycles. The molecule has 0 aliphatic carbocycles. The second-order valence-corrected chi connectivity index (χ2v) is 6.22. The molecular formula is C19H17N3O5. The van der Waals surface area contributed by atoms with E-state index in [1.165, 1.54) is 6.92 Å². The predicted octanol–water partition coefficient (Wildman–Crippen LogP) is 2.05. The van der Waals surface area contributed by atoms with Gasteiger partial charge in [0.2, 0.25) is 5.91 Å². The van der Waals surface area contributed by atoms with Crippen molar-refractivity contribution in [3.05, 3.63) is 53.6 Å². The molecule has 0 bridgehead atoms. The first-order chi connectivity index (χ1) is 13.0. The number of benzene rings is 2. The fourth-order valence-corrected chi connectivity index (χ4v) is 3.21. The first-order valence-corrected chi connectivity index (χ1v) is 8.41. The lowest BCUT2D eigenvalue weighted by Gasteiger charge is -2.20. The molecule has 4 rings (SSSR count). The lowest BCUT2D eigenvalue weighted by molar-refractivity contribution is -0.178. The molecule has 0 unspecified atom stereocenters. The third-order valence-electron chi connectivity index (χ3n) is 4.33. The van der Waals surface area contributed by atoms with Crippen LogP contribution >= 0.6 is 0 Å². The Morgan fingerprint density at radius 3 is 2.44 bits per heavy atom. The summed E-state index contributed by atoms with van der Waals surface area (Å²) in [4.78, 5) is 36.6. The van der Waals surface area contributed by atoms with E-state index in [2.05, 4.69) is 16.0 Å². The normalized spacial score (nSPS) is 16.7. The van der Waals surface area contributed by atoms with Crippen molar-refractivity contribution in [1.82, 2.24) is 0 Å². The molecule has 8 nitrogen and oxygen atoms in total. The van der Waals surface area contributed by atoms with E-state index in [1.54, 1.807) is 36.4 Å². The third-order valence-corrected chi connectivity index (χ3v) is 4.33. The molecule has 3 N–H and O–H groups in total. The van der Waals surface area contributed by atoms with Crippen molar-refractivity contribution in [1.29, 1.82) is 0 Å². The standard InChI is InChI=1S/C19H17N3O5/c1-11(23)20-15-10-13(21-17(24)12-5-3-2-4-6-12)9-14-16(15)22-18(25)19(14)26-7-8-27-19/h2-6,9-10H,7-8H2,1H3,(H,20,23)(H,21,24)(H,22,25). The molecule has 1 saturated heterocycles.